The summed E-state index contributed by atoms with van der Waals surface area (Å²) < 4.78 is 6.71. The number of hydrogen-bond acceptors (Lipinski definition) is 4. The summed E-state index contributed by atoms with van der Waals surface area (Å²) in [7, 11) is 0. The van der Waals surface area contributed by atoms with Crippen LogP contribution in [0.5, 0.6) is 5.75 Å². The molecule has 0 unspecified atom stereocenters. The number of carboxylic acid groups (broad SMARTS) is 1. The van der Waals surface area contributed by atoms with E-state index in [1.807, 2.05) is 6.92 Å². The van der Waals surface area contributed by atoms with Crippen LogP contribution < -0.4 is 4.74 Å². The maximum absolute atomic E-state index is 10.3. The lowest BCUT2D eigenvalue weighted by atomic mass is 10.3. The summed E-state index contributed by atoms with van der Waals surface area (Å²) in [6, 6.07) is 6.97. The molecule has 0 fully saturated rings. The second-order valence-electron chi connectivity index (χ2n) is 3.40. The molecule has 1 aromatic carbocycles. The van der Waals surface area contributed by atoms with Gasteiger partial charge in [-0.15, -0.1) is 0 Å². The van der Waals surface area contributed by atoms with Gasteiger partial charge >= 0.3 is 5.97 Å². The van der Waals surface area contributed by atoms with Gasteiger partial charge in [0.05, 0.1) is 5.69 Å². The van der Waals surface area contributed by atoms with Gasteiger partial charge < -0.3 is 9.84 Å². The first-order chi connectivity index (χ1) is 8.16. The van der Waals surface area contributed by atoms with Crippen molar-refractivity contribution in [2.75, 3.05) is 6.61 Å². The molecule has 0 atom stereocenters. The highest BCUT2D eigenvalue weighted by atomic mass is 16.5. The Kier molecular flexibility index (Phi) is 3.04. The minimum atomic E-state index is -0.999. The van der Waals surface area contributed by atoms with Crippen molar-refractivity contribution in [3.63, 3.8) is 0 Å². The van der Waals surface area contributed by atoms with Crippen molar-refractivity contribution in [3.05, 3.63) is 36.4 Å². The van der Waals surface area contributed by atoms with Crippen LogP contribution >= 0.6 is 0 Å². The smallest absolute Gasteiger partial charge is 0.341 e. The second kappa shape index (κ2) is 4.65. The van der Waals surface area contributed by atoms with Crippen molar-refractivity contribution in [1.29, 1.82) is 0 Å². The van der Waals surface area contributed by atoms with Gasteiger partial charge in [0.25, 0.3) is 0 Å². The van der Waals surface area contributed by atoms with Crippen LogP contribution in [0.1, 0.15) is 5.82 Å². The molecule has 1 aromatic heterocycles. The van der Waals surface area contributed by atoms with Crippen LogP contribution in [-0.2, 0) is 4.79 Å². The fourth-order valence-electron chi connectivity index (χ4n) is 1.38. The molecule has 0 bridgehead atoms. The number of carbonyl (C=O) groups is 1. The monoisotopic (exact) mass is 233 g/mol. The number of hydrogen-bond donors (Lipinski definition) is 1. The SMILES string of the molecule is Cc1ncnn1-c1ccc(OCC(=O)O)cc1. The van der Waals surface area contributed by atoms with Crippen LogP contribution in [0.2, 0.25) is 0 Å². The molecule has 0 saturated carbocycles. The molecule has 2 rings (SSSR count). The Morgan fingerprint density at radius 3 is 2.65 bits per heavy atom. The lowest BCUT2D eigenvalue weighted by Crippen LogP contribution is -2.09. The van der Waals surface area contributed by atoms with Crippen molar-refractivity contribution < 1.29 is 14.6 Å². The van der Waals surface area contributed by atoms with Crippen LogP contribution in [0, 0.1) is 6.92 Å². The first-order valence-electron chi connectivity index (χ1n) is 4.98. The normalized spacial score (nSPS) is 10.2. The van der Waals surface area contributed by atoms with E-state index >= 15 is 0 Å². The molecule has 0 saturated heterocycles. The van der Waals surface area contributed by atoms with Gasteiger partial charge in [0.2, 0.25) is 0 Å². The van der Waals surface area contributed by atoms with E-state index < -0.39 is 5.97 Å². The minimum Gasteiger partial charge on any atom is -0.482 e. The Hall–Kier alpha value is -2.37. The molecule has 0 aliphatic rings. The molecular weight excluding hydrogens is 222 g/mol. The zero-order chi connectivity index (χ0) is 12.3. The third kappa shape index (κ3) is 2.60. The van der Waals surface area contributed by atoms with Gasteiger partial charge in [-0.3, -0.25) is 0 Å². The molecule has 2 aromatic rings. The number of aliphatic carboxylic acids is 1. The van der Waals surface area contributed by atoms with E-state index in [9.17, 15) is 4.79 Å². The molecule has 0 radical (unpaired) electrons. The molecule has 0 spiro atoms. The first kappa shape index (κ1) is 11.1. The highest BCUT2D eigenvalue weighted by Gasteiger charge is 2.03. The zero-order valence-corrected chi connectivity index (χ0v) is 9.20. The van der Waals surface area contributed by atoms with Gasteiger partial charge in [0.15, 0.2) is 6.61 Å². The van der Waals surface area contributed by atoms with E-state index in [1.165, 1.54) is 6.33 Å². The lowest BCUT2D eigenvalue weighted by molar-refractivity contribution is -0.139. The van der Waals surface area contributed by atoms with E-state index in [1.54, 1.807) is 28.9 Å². The molecule has 1 N–H and O–H groups in total. The number of benzene rings is 1. The highest BCUT2D eigenvalue weighted by Crippen LogP contribution is 2.15. The Morgan fingerprint density at radius 1 is 1.41 bits per heavy atom. The van der Waals surface area contributed by atoms with E-state index in [2.05, 4.69) is 10.1 Å². The van der Waals surface area contributed by atoms with Gasteiger partial charge in [-0.1, -0.05) is 0 Å². The molecular formula is C11H11N3O3. The molecule has 17 heavy (non-hydrogen) atoms. The predicted octanol–water partition coefficient (Wildman–Crippen LogP) is 1.04. The number of aryl methyl sites for hydroxylation is 1. The summed E-state index contributed by atoms with van der Waals surface area (Å²) in [5.74, 6) is 0.291. The minimum absolute atomic E-state index is 0.346. The average Bonchev–Trinajstić information content (AvgIpc) is 2.73. The average molecular weight is 233 g/mol. The first-order valence-corrected chi connectivity index (χ1v) is 4.98. The van der Waals surface area contributed by atoms with Crippen molar-refractivity contribution in [3.8, 4) is 11.4 Å². The van der Waals surface area contributed by atoms with Gasteiger partial charge in [-0.2, -0.15) is 5.10 Å². The van der Waals surface area contributed by atoms with Crippen LogP contribution in [-0.4, -0.2) is 32.4 Å². The van der Waals surface area contributed by atoms with Crippen LogP contribution in [0.3, 0.4) is 0 Å². The van der Waals surface area contributed by atoms with E-state index in [0.29, 0.717) is 5.75 Å². The summed E-state index contributed by atoms with van der Waals surface area (Å²) in [4.78, 5) is 14.3. The van der Waals surface area contributed by atoms with Gasteiger partial charge in [-0.05, 0) is 31.2 Å². The highest BCUT2D eigenvalue weighted by molar-refractivity contribution is 5.68. The number of nitrogens with zero attached hydrogens (tertiary/aromatic N) is 3. The quantitative estimate of drug-likeness (QED) is 0.853. The van der Waals surface area contributed by atoms with Crippen molar-refractivity contribution in [2.24, 2.45) is 0 Å². The van der Waals surface area contributed by atoms with Gasteiger partial charge in [0.1, 0.15) is 17.9 Å². The molecule has 6 nitrogen and oxygen atoms in total. The van der Waals surface area contributed by atoms with Gasteiger partial charge in [-0.25, -0.2) is 14.5 Å². The Labute approximate surface area is 97.5 Å². The fraction of sp³-hybridized carbons (Fsp3) is 0.182. The number of carboxylic acids is 1. The zero-order valence-electron chi connectivity index (χ0n) is 9.20. The third-order valence-electron chi connectivity index (χ3n) is 2.16. The molecule has 0 aliphatic heterocycles. The summed E-state index contributed by atoms with van der Waals surface area (Å²) in [6.07, 6.45) is 1.48. The molecule has 6 heteroatoms. The fourth-order valence-corrected chi connectivity index (χ4v) is 1.38. The topological polar surface area (TPSA) is 77.2 Å². The number of rotatable bonds is 4. The maximum atomic E-state index is 10.3. The Bertz CT molecular complexity index is 519. The molecule has 0 aliphatic carbocycles. The Balaban J connectivity index is 2.13. The third-order valence-corrected chi connectivity index (χ3v) is 2.16. The van der Waals surface area contributed by atoms with E-state index in [4.69, 9.17) is 9.84 Å². The summed E-state index contributed by atoms with van der Waals surface area (Å²) in [5.41, 5.74) is 0.850. The van der Waals surface area contributed by atoms with Gasteiger partial charge in [0, 0.05) is 0 Å². The molecule has 88 valence electrons. The van der Waals surface area contributed by atoms with E-state index in [-0.39, 0.29) is 6.61 Å². The van der Waals surface area contributed by atoms with E-state index in [0.717, 1.165) is 11.5 Å². The lowest BCUT2D eigenvalue weighted by Gasteiger charge is -2.05. The number of ether oxygens (including phenoxy) is 1. The van der Waals surface area contributed by atoms with Crippen molar-refractivity contribution in [2.45, 2.75) is 6.92 Å². The van der Waals surface area contributed by atoms with Crippen molar-refractivity contribution in [1.82, 2.24) is 14.8 Å². The van der Waals surface area contributed by atoms with Crippen LogP contribution in [0.25, 0.3) is 5.69 Å². The van der Waals surface area contributed by atoms with Crippen LogP contribution in [0.4, 0.5) is 0 Å². The summed E-state index contributed by atoms with van der Waals surface area (Å²) >= 11 is 0. The maximum Gasteiger partial charge on any atom is 0.341 e. The summed E-state index contributed by atoms with van der Waals surface area (Å²) in [6.45, 7) is 1.50. The summed E-state index contributed by atoms with van der Waals surface area (Å²) in [5, 5.41) is 12.5. The predicted molar refractivity (Wildman–Crippen MR) is 59.2 cm³/mol. The molecule has 1 heterocycles. The largest absolute Gasteiger partial charge is 0.482 e. The molecule has 0 amide bonds. The number of aromatic nitrogens is 3. The second-order valence-corrected chi connectivity index (χ2v) is 3.40. The van der Waals surface area contributed by atoms with Crippen molar-refractivity contribution >= 4 is 5.97 Å². The Morgan fingerprint density at radius 2 is 2.12 bits per heavy atom. The van der Waals surface area contributed by atoms with Crippen LogP contribution in [0.15, 0.2) is 30.6 Å². The standard InChI is InChI=1S/C11H11N3O3/c1-8-12-7-13-14(8)9-2-4-10(5-3-9)17-6-11(15)16/h2-5,7H,6H2,1H3,(H,15,16).